The molecule has 1 amide bonds. The quantitative estimate of drug-likeness (QED) is 0.472. The maximum Gasteiger partial charge on any atom is 0.272 e. The molecule has 0 aliphatic heterocycles. The fourth-order valence-electron chi connectivity index (χ4n) is 2.29. The molecule has 0 spiro atoms. The van der Waals surface area contributed by atoms with Crippen molar-refractivity contribution in [2.75, 3.05) is 25.8 Å². The molecule has 0 saturated carbocycles. The number of aliphatic hydroxyl groups excluding tert-OH is 1. The molecule has 0 saturated heterocycles. The SMILES string of the molecule is CCc1cccc(CC)c1NC(=O)C(O)S(=O)(=O)N(CC)OCOC. The van der Waals surface area contributed by atoms with Crippen LogP contribution in [0.4, 0.5) is 5.69 Å². The average Bonchev–Trinajstić information content (AvgIpc) is 2.61. The molecule has 1 aromatic rings. The number of carbonyl (C=O) groups excluding carboxylic acids is 1. The summed E-state index contributed by atoms with van der Waals surface area (Å²) in [5.74, 6) is -1.03. The Morgan fingerprint density at radius 2 is 1.80 bits per heavy atom. The highest BCUT2D eigenvalue weighted by atomic mass is 32.2. The molecule has 1 unspecified atom stereocenters. The fourth-order valence-corrected chi connectivity index (χ4v) is 3.39. The summed E-state index contributed by atoms with van der Waals surface area (Å²) in [6, 6.07) is 5.56. The van der Waals surface area contributed by atoms with Crippen molar-refractivity contribution in [3.63, 3.8) is 0 Å². The lowest BCUT2D eigenvalue weighted by atomic mass is 10.0. The van der Waals surface area contributed by atoms with Gasteiger partial charge in [0.15, 0.2) is 6.79 Å². The van der Waals surface area contributed by atoms with E-state index in [-0.39, 0.29) is 13.3 Å². The lowest BCUT2D eigenvalue weighted by Gasteiger charge is -2.23. The first-order chi connectivity index (χ1) is 11.8. The van der Waals surface area contributed by atoms with Gasteiger partial charge in [0.1, 0.15) is 0 Å². The van der Waals surface area contributed by atoms with Crippen LogP contribution in [-0.2, 0) is 37.2 Å². The molecule has 2 N–H and O–H groups in total. The minimum Gasteiger partial charge on any atom is -0.368 e. The summed E-state index contributed by atoms with van der Waals surface area (Å²) in [5.41, 5.74) is -0.0351. The number of hydrogen-bond donors (Lipinski definition) is 2. The van der Waals surface area contributed by atoms with Gasteiger partial charge in [-0.3, -0.25) is 9.63 Å². The van der Waals surface area contributed by atoms with E-state index >= 15 is 0 Å². The number of sulfonamides is 1. The van der Waals surface area contributed by atoms with Crippen LogP contribution in [0.25, 0.3) is 0 Å². The lowest BCUT2D eigenvalue weighted by Crippen LogP contribution is -2.45. The van der Waals surface area contributed by atoms with Crippen LogP contribution in [0.5, 0.6) is 0 Å². The molecular weight excluding hydrogens is 348 g/mol. The van der Waals surface area contributed by atoms with Gasteiger partial charge in [0.25, 0.3) is 21.4 Å². The van der Waals surface area contributed by atoms with Gasteiger partial charge in [-0.1, -0.05) is 36.5 Å². The van der Waals surface area contributed by atoms with E-state index in [1.165, 1.54) is 14.0 Å². The van der Waals surface area contributed by atoms with Crippen LogP contribution < -0.4 is 5.32 Å². The Morgan fingerprint density at radius 1 is 1.24 bits per heavy atom. The van der Waals surface area contributed by atoms with E-state index in [2.05, 4.69) is 10.1 Å². The first kappa shape index (κ1) is 21.5. The molecule has 0 bridgehead atoms. The van der Waals surface area contributed by atoms with Gasteiger partial charge in [0.2, 0.25) is 0 Å². The van der Waals surface area contributed by atoms with E-state index in [0.717, 1.165) is 11.1 Å². The van der Waals surface area contributed by atoms with Crippen LogP contribution in [0.3, 0.4) is 0 Å². The number of benzene rings is 1. The van der Waals surface area contributed by atoms with Gasteiger partial charge in [0, 0.05) is 19.3 Å². The van der Waals surface area contributed by atoms with Crippen molar-refractivity contribution >= 4 is 21.6 Å². The molecule has 0 aliphatic carbocycles. The molecule has 0 heterocycles. The Labute approximate surface area is 148 Å². The second-order valence-electron chi connectivity index (χ2n) is 5.20. The summed E-state index contributed by atoms with van der Waals surface area (Å²) >= 11 is 0. The Bertz CT molecular complexity index is 655. The molecule has 0 aliphatic rings. The number of methoxy groups -OCH3 is 1. The average molecular weight is 374 g/mol. The normalized spacial score (nSPS) is 13.0. The maximum absolute atomic E-state index is 12.3. The summed E-state index contributed by atoms with van der Waals surface area (Å²) in [4.78, 5) is 17.2. The molecular formula is C16H26N2O6S. The monoisotopic (exact) mass is 374 g/mol. The molecule has 1 rings (SSSR count). The van der Waals surface area contributed by atoms with E-state index in [9.17, 15) is 18.3 Å². The molecule has 25 heavy (non-hydrogen) atoms. The van der Waals surface area contributed by atoms with Crippen molar-refractivity contribution in [1.29, 1.82) is 0 Å². The zero-order valence-corrected chi connectivity index (χ0v) is 15.8. The Hall–Kier alpha value is -1.52. The van der Waals surface area contributed by atoms with Gasteiger partial charge in [-0.05, 0) is 30.9 Å². The molecule has 0 fully saturated rings. The summed E-state index contributed by atoms with van der Waals surface area (Å²) in [6.07, 6.45) is 1.31. The smallest absolute Gasteiger partial charge is 0.272 e. The van der Waals surface area contributed by atoms with Crippen molar-refractivity contribution in [1.82, 2.24) is 4.47 Å². The number of nitrogens with zero attached hydrogens (tertiary/aromatic N) is 1. The molecule has 1 aromatic carbocycles. The number of aliphatic hydroxyl groups is 1. The number of hydrogen-bond acceptors (Lipinski definition) is 6. The fraction of sp³-hybridized carbons (Fsp3) is 0.562. The summed E-state index contributed by atoms with van der Waals surface area (Å²) in [5, 5.41) is 12.6. The van der Waals surface area contributed by atoms with Gasteiger partial charge >= 0.3 is 0 Å². The summed E-state index contributed by atoms with van der Waals surface area (Å²) in [6.45, 7) is 4.96. The Kier molecular flexibility index (Phi) is 8.46. The predicted octanol–water partition coefficient (Wildman–Crippen LogP) is 1.26. The first-order valence-corrected chi connectivity index (χ1v) is 9.56. The number of carbonyl (C=O) groups is 1. The zero-order chi connectivity index (χ0) is 19.0. The van der Waals surface area contributed by atoms with E-state index in [0.29, 0.717) is 23.0 Å². The third kappa shape index (κ3) is 5.23. The molecule has 1 atom stereocenters. The largest absolute Gasteiger partial charge is 0.368 e. The Balaban J connectivity index is 3.04. The van der Waals surface area contributed by atoms with Crippen molar-refractivity contribution in [2.45, 2.75) is 39.0 Å². The van der Waals surface area contributed by atoms with Gasteiger partial charge in [-0.25, -0.2) is 8.42 Å². The third-order valence-corrected chi connectivity index (χ3v) is 5.32. The minimum atomic E-state index is -4.41. The number of rotatable bonds is 10. The van der Waals surface area contributed by atoms with E-state index < -0.39 is 21.4 Å². The highest BCUT2D eigenvalue weighted by Gasteiger charge is 2.36. The highest BCUT2D eigenvalue weighted by molar-refractivity contribution is 7.90. The van der Waals surface area contributed by atoms with Crippen molar-refractivity contribution < 1.29 is 27.9 Å². The molecule has 142 valence electrons. The van der Waals surface area contributed by atoms with Gasteiger partial charge < -0.3 is 15.2 Å². The molecule has 0 radical (unpaired) electrons. The van der Waals surface area contributed by atoms with Crippen LogP contribution >= 0.6 is 0 Å². The van der Waals surface area contributed by atoms with Gasteiger partial charge in [-0.15, -0.1) is 0 Å². The number of nitrogens with one attached hydrogen (secondary N) is 1. The van der Waals surface area contributed by atoms with Crippen molar-refractivity contribution in [2.24, 2.45) is 0 Å². The highest BCUT2D eigenvalue weighted by Crippen LogP contribution is 2.23. The number of ether oxygens (including phenoxy) is 1. The van der Waals surface area contributed by atoms with Crippen LogP contribution in [0.1, 0.15) is 31.9 Å². The molecule has 0 aromatic heterocycles. The van der Waals surface area contributed by atoms with Crippen molar-refractivity contribution in [3.05, 3.63) is 29.3 Å². The van der Waals surface area contributed by atoms with Crippen molar-refractivity contribution in [3.8, 4) is 0 Å². The predicted molar refractivity (Wildman–Crippen MR) is 94.1 cm³/mol. The van der Waals surface area contributed by atoms with Crippen LogP contribution in [0, 0.1) is 0 Å². The van der Waals surface area contributed by atoms with E-state index in [1.807, 2.05) is 32.0 Å². The lowest BCUT2D eigenvalue weighted by molar-refractivity contribution is -0.163. The number of aryl methyl sites for hydroxylation is 2. The zero-order valence-electron chi connectivity index (χ0n) is 15.0. The van der Waals surface area contributed by atoms with Crippen LogP contribution in [0.15, 0.2) is 18.2 Å². The van der Waals surface area contributed by atoms with Gasteiger partial charge in [0.05, 0.1) is 0 Å². The standard InChI is InChI=1S/C16H26N2O6S/c1-5-12-9-8-10-13(6-2)14(12)17-15(19)16(20)25(21,22)18(7-3)24-11-23-4/h8-10,16,20H,5-7,11H2,1-4H3,(H,17,19). The maximum atomic E-state index is 12.3. The minimum absolute atomic E-state index is 0.0816. The third-order valence-electron chi connectivity index (χ3n) is 3.61. The number of hydroxylamine groups is 1. The van der Waals surface area contributed by atoms with Crippen LogP contribution in [-0.4, -0.2) is 49.8 Å². The number of anilines is 1. The summed E-state index contributed by atoms with van der Waals surface area (Å²) < 4.78 is 29.9. The van der Waals surface area contributed by atoms with E-state index in [1.54, 1.807) is 0 Å². The van der Waals surface area contributed by atoms with Gasteiger partial charge in [-0.2, -0.15) is 0 Å². The number of para-hydroxylation sites is 1. The second-order valence-corrected chi connectivity index (χ2v) is 7.08. The summed E-state index contributed by atoms with van der Waals surface area (Å²) in [7, 11) is -3.08. The topological polar surface area (TPSA) is 105 Å². The van der Waals surface area contributed by atoms with Crippen LogP contribution in [0.2, 0.25) is 0 Å². The first-order valence-electron chi connectivity index (χ1n) is 8.06. The van der Waals surface area contributed by atoms with E-state index in [4.69, 9.17) is 4.84 Å². The molecule has 9 heteroatoms. The Morgan fingerprint density at radius 3 is 2.24 bits per heavy atom. The number of amides is 1. The second kappa shape index (κ2) is 9.83. The molecule has 8 nitrogen and oxygen atoms in total.